The molecule has 4 heteroatoms. The molecule has 2 fully saturated rings. The number of hydrogen-bond donors (Lipinski definition) is 0. The van der Waals surface area contributed by atoms with Crippen LogP contribution >= 0.6 is 23.2 Å². The number of benzene rings is 2. The SMILES string of the molecule is C=CC[C@@]1(C)CC(c2cccc(Cl)c2)[C@@H](c2ccc(Cl)cc2)N([C@@H](CC)C2CC2)C1=O. The van der Waals surface area contributed by atoms with Gasteiger partial charge in [-0.05, 0) is 73.4 Å². The molecule has 2 aromatic carbocycles. The Hall–Kier alpha value is -1.77. The lowest BCUT2D eigenvalue weighted by molar-refractivity contribution is -0.155. The van der Waals surface area contributed by atoms with Crippen molar-refractivity contribution in [2.45, 2.75) is 64.0 Å². The van der Waals surface area contributed by atoms with Gasteiger partial charge in [-0.15, -0.1) is 6.58 Å². The summed E-state index contributed by atoms with van der Waals surface area (Å²) in [4.78, 5) is 16.3. The van der Waals surface area contributed by atoms with Crippen LogP contribution in [0.5, 0.6) is 0 Å². The van der Waals surface area contributed by atoms with Crippen LogP contribution in [0.25, 0.3) is 0 Å². The Morgan fingerprint density at radius 3 is 2.42 bits per heavy atom. The molecule has 1 saturated carbocycles. The molecule has 0 bridgehead atoms. The van der Waals surface area contributed by atoms with E-state index in [1.54, 1.807) is 0 Å². The van der Waals surface area contributed by atoms with Crippen LogP contribution < -0.4 is 0 Å². The van der Waals surface area contributed by atoms with Crippen LogP contribution in [0.2, 0.25) is 10.0 Å². The Labute approximate surface area is 196 Å². The van der Waals surface area contributed by atoms with Gasteiger partial charge in [0.2, 0.25) is 5.91 Å². The maximum Gasteiger partial charge on any atom is 0.229 e. The first-order valence-corrected chi connectivity index (χ1v) is 12.1. The summed E-state index contributed by atoms with van der Waals surface area (Å²) in [7, 11) is 0. The lowest BCUT2D eigenvalue weighted by Crippen LogP contribution is -2.56. The Bertz CT molecular complexity index is 952. The van der Waals surface area contributed by atoms with Gasteiger partial charge < -0.3 is 4.90 Å². The van der Waals surface area contributed by atoms with Crippen molar-refractivity contribution in [1.82, 2.24) is 4.90 Å². The molecule has 2 aliphatic rings. The molecule has 0 aromatic heterocycles. The largest absolute Gasteiger partial charge is 0.331 e. The molecule has 1 heterocycles. The van der Waals surface area contributed by atoms with Gasteiger partial charge in [0.15, 0.2) is 0 Å². The number of likely N-dealkylation sites (tertiary alicyclic amines) is 1. The monoisotopic (exact) mass is 455 g/mol. The highest BCUT2D eigenvalue weighted by molar-refractivity contribution is 6.30. The van der Waals surface area contributed by atoms with Crippen molar-refractivity contribution < 1.29 is 4.79 Å². The molecule has 1 aliphatic heterocycles. The van der Waals surface area contributed by atoms with Gasteiger partial charge >= 0.3 is 0 Å². The highest BCUT2D eigenvalue weighted by Gasteiger charge is 2.52. The Balaban J connectivity index is 1.89. The minimum Gasteiger partial charge on any atom is -0.331 e. The zero-order chi connectivity index (χ0) is 22.2. The average Bonchev–Trinajstić information content (AvgIpc) is 3.58. The van der Waals surface area contributed by atoms with E-state index >= 15 is 0 Å². The van der Waals surface area contributed by atoms with Crippen LogP contribution in [-0.4, -0.2) is 16.8 Å². The Morgan fingerprint density at radius 2 is 1.84 bits per heavy atom. The van der Waals surface area contributed by atoms with Gasteiger partial charge in [0.25, 0.3) is 0 Å². The highest BCUT2D eigenvalue weighted by atomic mass is 35.5. The molecule has 4 rings (SSSR count). The summed E-state index contributed by atoms with van der Waals surface area (Å²) >= 11 is 12.6. The second-order valence-electron chi connectivity index (χ2n) is 9.44. The number of carbonyl (C=O) groups is 1. The van der Waals surface area contributed by atoms with E-state index in [-0.39, 0.29) is 23.9 Å². The topological polar surface area (TPSA) is 20.3 Å². The van der Waals surface area contributed by atoms with Gasteiger partial charge in [-0.3, -0.25) is 4.79 Å². The summed E-state index contributed by atoms with van der Waals surface area (Å²) in [6, 6.07) is 16.4. The zero-order valence-electron chi connectivity index (χ0n) is 18.4. The molecule has 0 N–H and O–H groups in total. The Kier molecular flexibility index (Phi) is 6.51. The number of amides is 1. The summed E-state index contributed by atoms with van der Waals surface area (Å²) in [6.07, 6.45) is 6.71. The third-order valence-electron chi connectivity index (χ3n) is 7.13. The minimum atomic E-state index is -0.472. The second kappa shape index (κ2) is 9.00. The van der Waals surface area contributed by atoms with E-state index in [1.165, 1.54) is 18.4 Å². The molecule has 31 heavy (non-hydrogen) atoms. The predicted molar refractivity (Wildman–Crippen MR) is 130 cm³/mol. The fourth-order valence-corrected chi connectivity index (χ4v) is 5.82. The molecular weight excluding hydrogens is 425 g/mol. The van der Waals surface area contributed by atoms with Crippen LogP contribution in [0, 0.1) is 11.3 Å². The van der Waals surface area contributed by atoms with Crippen LogP contribution in [0.1, 0.15) is 69.0 Å². The fourth-order valence-electron chi connectivity index (χ4n) is 5.49. The van der Waals surface area contributed by atoms with E-state index < -0.39 is 5.41 Å². The molecule has 1 aliphatic carbocycles. The number of hydrogen-bond acceptors (Lipinski definition) is 1. The number of piperidine rings is 1. The van der Waals surface area contributed by atoms with Gasteiger partial charge in [0.05, 0.1) is 11.5 Å². The summed E-state index contributed by atoms with van der Waals surface area (Å²) in [5.41, 5.74) is 1.85. The van der Waals surface area contributed by atoms with E-state index in [2.05, 4.69) is 49.6 Å². The van der Waals surface area contributed by atoms with Gasteiger partial charge in [-0.1, -0.05) is 67.4 Å². The van der Waals surface area contributed by atoms with Crippen LogP contribution in [0.3, 0.4) is 0 Å². The molecular formula is C27H31Cl2NO. The smallest absolute Gasteiger partial charge is 0.229 e. The highest BCUT2D eigenvalue weighted by Crippen LogP contribution is 2.54. The van der Waals surface area contributed by atoms with E-state index in [4.69, 9.17) is 23.2 Å². The van der Waals surface area contributed by atoms with Gasteiger partial charge in [0, 0.05) is 22.0 Å². The van der Waals surface area contributed by atoms with Crippen molar-refractivity contribution in [2.24, 2.45) is 11.3 Å². The lowest BCUT2D eigenvalue weighted by atomic mass is 9.67. The van der Waals surface area contributed by atoms with E-state index in [1.807, 2.05) is 30.3 Å². The van der Waals surface area contributed by atoms with Crippen molar-refractivity contribution in [3.8, 4) is 0 Å². The van der Waals surface area contributed by atoms with E-state index in [9.17, 15) is 4.79 Å². The number of nitrogens with zero attached hydrogens (tertiary/aromatic N) is 1. The number of allylic oxidation sites excluding steroid dienone is 1. The van der Waals surface area contributed by atoms with Gasteiger partial charge in [-0.2, -0.15) is 0 Å². The minimum absolute atomic E-state index is 0.0355. The number of halogens is 2. The fraction of sp³-hybridized carbons (Fsp3) is 0.444. The molecule has 1 amide bonds. The van der Waals surface area contributed by atoms with Gasteiger partial charge in [0.1, 0.15) is 0 Å². The molecule has 164 valence electrons. The van der Waals surface area contributed by atoms with Gasteiger partial charge in [-0.25, -0.2) is 0 Å². The first-order chi connectivity index (χ1) is 14.9. The van der Waals surface area contributed by atoms with Crippen molar-refractivity contribution >= 4 is 29.1 Å². The first kappa shape index (κ1) is 22.4. The third kappa shape index (κ3) is 4.43. The third-order valence-corrected chi connectivity index (χ3v) is 7.61. The standard InChI is InChI=1S/C27H31Cl2NO/c1-4-15-27(3)17-23(20-7-6-8-22(29)16-20)25(19-11-13-21(28)14-12-19)30(26(27)31)24(5-2)18-9-10-18/h4,6-8,11-14,16,18,23-25H,1,5,9-10,15,17H2,2-3H3/t23?,24-,25+,27-/m0/s1. The van der Waals surface area contributed by atoms with Crippen molar-refractivity contribution in [1.29, 1.82) is 0 Å². The maximum atomic E-state index is 14.1. The quantitative estimate of drug-likeness (QED) is 0.389. The molecule has 1 saturated heterocycles. The molecule has 4 atom stereocenters. The summed E-state index contributed by atoms with van der Waals surface area (Å²) in [6.45, 7) is 8.29. The first-order valence-electron chi connectivity index (χ1n) is 11.3. The lowest BCUT2D eigenvalue weighted by Gasteiger charge is -2.52. The van der Waals surface area contributed by atoms with Crippen molar-refractivity contribution in [2.75, 3.05) is 0 Å². The molecule has 2 aromatic rings. The second-order valence-corrected chi connectivity index (χ2v) is 10.3. The van der Waals surface area contributed by atoms with Crippen LogP contribution in [0.15, 0.2) is 61.2 Å². The molecule has 0 spiro atoms. The molecule has 1 unspecified atom stereocenters. The number of carbonyl (C=O) groups excluding carboxylic acids is 1. The molecule has 2 nitrogen and oxygen atoms in total. The maximum absolute atomic E-state index is 14.1. The predicted octanol–water partition coefficient (Wildman–Crippen LogP) is 7.82. The van der Waals surface area contributed by atoms with Crippen LogP contribution in [0.4, 0.5) is 0 Å². The summed E-state index contributed by atoms with van der Waals surface area (Å²) in [5.74, 6) is 0.995. The number of rotatable bonds is 7. The van der Waals surface area contributed by atoms with E-state index in [0.717, 1.165) is 23.4 Å². The molecule has 0 radical (unpaired) electrons. The summed E-state index contributed by atoms with van der Waals surface area (Å²) < 4.78 is 0. The van der Waals surface area contributed by atoms with Crippen molar-refractivity contribution in [3.05, 3.63) is 82.4 Å². The average molecular weight is 456 g/mol. The summed E-state index contributed by atoms with van der Waals surface area (Å²) in [5, 5.41) is 1.44. The normalized spacial score (nSPS) is 27.2. The van der Waals surface area contributed by atoms with E-state index in [0.29, 0.717) is 17.4 Å². The Morgan fingerprint density at radius 1 is 1.13 bits per heavy atom. The van der Waals surface area contributed by atoms with Crippen LogP contribution in [-0.2, 0) is 4.79 Å². The zero-order valence-corrected chi connectivity index (χ0v) is 19.9. The van der Waals surface area contributed by atoms with Crippen molar-refractivity contribution in [3.63, 3.8) is 0 Å².